The van der Waals surface area contributed by atoms with E-state index in [4.69, 9.17) is 4.52 Å². The van der Waals surface area contributed by atoms with Crippen LogP contribution in [0.5, 0.6) is 0 Å². The lowest BCUT2D eigenvalue weighted by atomic mass is 9.85. The van der Waals surface area contributed by atoms with Gasteiger partial charge < -0.3 is 14.7 Å². The Hall–Kier alpha value is -2.45. The standard InChI is InChI=1S/C22H31F2N5O2/c1-5-14-10-17(31-27-14)21(30)28-8-6-13(7-9-28)15-11-16(20(23)24)29-19(25-15)12-18(26-29)22(2,3)4/h10,12-13,15-16,20,25H,5-9,11H2,1-4H3/t15-,16+/m0/s1. The van der Waals surface area contributed by atoms with Gasteiger partial charge in [0.2, 0.25) is 5.76 Å². The average Bonchev–Trinajstić information content (AvgIpc) is 3.39. The molecule has 4 rings (SSSR count). The number of likely N-dealkylation sites (tertiary alicyclic amines) is 1. The van der Waals surface area contributed by atoms with Gasteiger partial charge in [0, 0.05) is 36.7 Å². The molecule has 4 heterocycles. The molecule has 1 fully saturated rings. The summed E-state index contributed by atoms with van der Waals surface area (Å²) >= 11 is 0. The highest BCUT2D eigenvalue weighted by molar-refractivity contribution is 5.91. The smallest absolute Gasteiger partial charge is 0.292 e. The Morgan fingerprint density at radius 1 is 1.29 bits per heavy atom. The normalized spacial score (nSPS) is 22.5. The zero-order valence-corrected chi connectivity index (χ0v) is 18.6. The molecule has 31 heavy (non-hydrogen) atoms. The SMILES string of the molecule is CCc1cc(C(=O)N2CCC([C@@H]3C[C@H](C(F)F)n4nc(C(C)(C)C)cc4N3)CC2)on1. The molecule has 1 amide bonds. The van der Waals surface area contributed by atoms with E-state index in [1.54, 1.807) is 11.0 Å². The van der Waals surface area contributed by atoms with E-state index in [-0.39, 0.29) is 29.0 Å². The first-order chi connectivity index (χ1) is 14.7. The van der Waals surface area contributed by atoms with Gasteiger partial charge in [0.05, 0.1) is 11.4 Å². The number of amides is 1. The molecule has 0 spiro atoms. The second-order valence-corrected chi connectivity index (χ2v) is 9.66. The van der Waals surface area contributed by atoms with Crippen molar-refractivity contribution in [2.45, 2.75) is 77.3 Å². The summed E-state index contributed by atoms with van der Waals surface area (Å²) in [5.41, 5.74) is 1.35. The summed E-state index contributed by atoms with van der Waals surface area (Å²) in [5.74, 6) is 0.995. The molecule has 2 aromatic rings. The molecule has 0 bridgehead atoms. The molecule has 2 aromatic heterocycles. The van der Waals surface area contributed by atoms with Gasteiger partial charge in [-0.05, 0) is 31.6 Å². The minimum atomic E-state index is -2.48. The Labute approximate surface area is 181 Å². The number of anilines is 1. The molecule has 7 nitrogen and oxygen atoms in total. The van der Waals surface area contributed by atoms with Crippen LogP contribution in [0.15, 0.2) is 16.7 Å². The van der Waals surface area contributed by atoms with Crippen LogP contribution in [0.4, 0.5) is 14.6 Å². The third-order valence-corrected chi connectivity index (χ3v) is 6.47. The number of hydrogen-bond acceptors (Lipinski definition) is 5. The highest BCUT2D eigenvalue weighted by Gasteiger charge is 2.39. The van der Waals surface area contributed by atoms with E-state index in [1.165, 1.54) is 4.68 Å². The van der Waals surface area contributed by atoms with Crippen molar-refractivity contribution in [1.82, 2.24) is 19.8 Å². The van der Waals surface area contributed by atoms with Crippen LogP contribution < -0.4 is 5.32 Å². The number of nitrogens with one attached hydrogen (secondary N) is 1. The molecule has 9 heteroatoms. The van der Waals surface area contributed by atoms with Crippen molar-refractivity contribution in [3.63, 3.8) is 0 Å². The maximum atomic E-state index is 13.9. The summed E-state index contributed by atoms with van der Waals surface area (Å²) in [6, 6.07) is 2.59. The third-order valence-electron chi connectivity index (χ3n) is 6.47. The van der Waals surface area contributed by atoms with Crippen LogP contribution in [0.3, 0.4) is 0 Å². The number of fused-ring (bicyclic) bond motifs is 1. The van der Waals surface area contributed by atoms with Crippen molar-refractivity contribution in [3.05, 3.63) is 29.3 Å². The minimum absolute atomic E-state index is 0.0646. The Balaban J connectivity index is 1.44. The highest BCUT2D eigenvalue weighted by atomic mass is 19.3. The Bertz CT molecular complexity index is 925. The number of aryl methyl sites for hydroxylation is 1. The van der Waals surface area contributed by atoms with Gasteiger partial charge in [0.1, 0.15) is 11.9 Å². The fourth-order valence-electron chi connectivity index (χ4n) is 4.49. The number of alkyl halides is 2. The monoisotopic (exact) mass is 435 g/mol. The Morgan fingerprint density at radius 2 is 2.00 bits per heavy atom. The fraction of sp³-hybridized carbons (Fsp3) is 0.682. The van der Waals surface area contributed by atoms with Crippen molar-refractivity contribution in [2.24, 2.45) is 5.92 Å². The number of hydrogen-bond donors (Lipinski definition) is 1. The molecule has 2 aliphatic rings. The first kappa shape index (κ1) is 21.8. The molecule has 2 aliphatic heterocycles. The minimum Gasteiger partial charge on any atom is -0.367 e. The lowest BCUT2D eigenvalue weighted by molar-refractivity contribution is 0.0523. The predicted octanol–water partition coefficient (Wildman–Crippen LogP) is 4.27. The van der Waals surface area contributed by atoms with Crippen molar-refractivity contribution < 1.29 is 18.1 Å². The summed E-state index contributed by atoms with van der Waals surface area (Å²) in [7, 11) is 0. The molecule has 1 saturated heterocycles. The van der Waals surface area contributed by atoms with Gasteiger partial charge >= 0.3 is 0 Å². The summed E-state index contributed by atoms with van der Waals surface area (Å²) in [5, 5.41) is 11.8. The average molecular weight is 436 g/mol. The number of halogens is 2. The first-order valence-electron chi connectivity index (χ1n) is 11.1. The second kappa shape index (κ2) is 8.24. The summed E-state index contributed by atoms with van der Waals surface area (Å²) in [6.07, 6.45) is 0.0848. The largest absolute Gasteiger partial charge is 0.367 e. The molecule has 170 valence electrons. The maximum Gasteiger partial charge on any atom is 0.292 e. The lowest BCUT2D eigenvalue weighted by Gasteiger charge is -2.40. The van der Waals surface area contributed by atoms with Crippen LogP contribution in [0, 0.1) is 5.92 Å². The van der Waals surface area contributed by atoms with Gasteiger partial charge in [0.25, 0.3) is 12.3 Å². The predicted molar refractivity (Wildman–Crippen MR) is 113 cm³/mol. The van der Waals surface area contributed by atoms with Crippen molar-refractivity contribution >= 4 is 11.7 Å². The van der Waals surface area contributed by atoms with E-state index in [1.807, 2.05) is 33.8 Å². The van der Waals surface area contributed by atoms with Crippen molar-refractivity contribution in [2.75, 3.05) is 18.4 Å². The molecule has 0 aromatic carbocycles. The van der Waals surface area contributed by atoms with Crippen molar-refractivity contribution in [1.29, 1.82) is 0 Å². The van der Waals surface area contributed by atoms with Crippen LogP contribution >= 0.6 is 0 Å². The summed E-state index contributed by atoms with van der Waals surface area (Å²) in [6.45, 7) is 9.20. The number of aromatic nitrogens is 3. The van der Waals surface area contributed by atoms with Gasteiger partial charge in [-0.1, -0.05) is 32.9 Å². The molecular formula is C22H31F2N5O2. The topological polar surface area (TPSA) is 76.2 Å². The molecular weight excluding hydrogens is 404 g/mol. The van der Waals surface area contributed by atoms with Crippen LogP contribution in [0.25, 0.3) is 0 Å². The molecule has 1 N–H and O–H groups in total. The summed E-state index contributed by atoms with van der Waals surface area (Å²) in [4.78, 5) is 14.4. The van der Waals surface area contributed by atoms with E-state index in [2.05, 4.69) is 15.6 Å². The van der Waals surface area contributed by atoms with Gasteiger partial charge in [0.15, 0.2) is 0 Å². The molecule has 0 aliphatic carbocycles. The van der Waals surface area contributed by atoms with Crippen LogP contribution in [0.1, 0.15) is 74.9 Å². The molecule has 2 atom stereocenters. The van der Waals surface area contributed by atoms with Crippen LogP contribution in [-0.4, -0.2) is 51.3 Å². The first-order valence-corrected chi connectivity index (χ1v) is 11.1. The van der Waals surface area contributed by atoms with E-state index in [9.17, 15) is 13.6 Å². The molecule has 0 unspecified atom stereocenters. The number of rotatable bonds is 4. The van der Waals surface area contributed by atoms with Gasteiger partial charge in [-0.2, -0.15) is 5.10 Å². The number of carbonyl (C=O) groups is 1. The number of carbonyl (C=O) groups excluding carboxylic acids is 1. The zero-order valence-electron chi connectivity index (χ0n) is 18.6. The fourth-order valence-corrected chi connectivity index (χ4v) is 4.49. The van der Waals surface area contributed by atoms with E-state index < -0.39 is 12.5 Å². The Kier molecular flexibility index (Phi) is 5.79. The number of piperidine rings is 1. The van der Waals surface area contributed by atoms with Gasteiger partial charge in [-0.25, -0.2) is 13.5 Å². The quantitative estimate of drug-likeness (QED) is 0.776. The van der Waals surface area contributed by atoms with E-state index in [0.29, 0.717) is 31.7 Å². The van der Waals surface area contributed by atoms with Gasteiger partial charge in [-0.15, -0.1) is 0 Å². The summed E-state index contributed by atoms with van der Waals surface area (Å²) < 4.78 is 34.4. The van der Waals surface area contributed by atoms with Crippen molar-refractivity contribution in [3.8, 4) is 0 Å². The number of nitrogens with zero attached hydrogens (tertiary/aromatic N) is 4. The van der Waals surface area contributed by atoms with Crippen LogP contribution in [0.2, 0.25) is 0 Å². The lowest BCUT2D eigenvalue weighted by Crippen LogP contribution is -2.46. The van der Waals surface area contributed by atoms with Crippen LogP contribution in [-0.2, 0) is 11.8 Å². The Morgan fingerprint density at radius 3 is 2.58 bits per heavy atom. The molecule has 0 radical (unpaired) electrons. The maximum absolute atomic E-state index is 13.9. The zero-order chi connectivity index (χ0) is 22.3. The van der Waals surface area contributed by atoms with Gasteiger partial charge in [-0.3, -0.25) is 4.79 Å². The highest BCUT2D eigenvalue weighted by Crippen LogP contribution is 2.38. The van der Waals surface area contributed by atoms with E-state index >= 15 is 0 Å². The molecule has 0 saturated carbocycles. The second-order valence-electron chi connectivity index (χ2n) is 9.66. The van der Waals surface area contributed by atoms with E-state index in [0.717, 1.165) is 24.2 Å². The third kappa shape index (κ3) is 4.32.